The second kappa shape index (κ2) is 10.9. The van der Waals surface area contributed by atoms with E-state index in [1.54, 1.807) is 32.1 Å². The average Bonchev–Trinajstić information content (AvgIpc) is 3.60. The monoisotopic (exact) mass is 531 g/mol. The highest BCUT2D eigenvalue weighted by atomic mass is 16.1. The molecule has 11 nitrogen and oxygen atoms in total. The number of amides is 1. The number of nitrogens with zero attached hydrogens (tertiary/aromatic N) is 7. The van der Waals surface area contributed by atoms with Crippen molar-refractivity contribution >= 4 is 23.0 Å². The number of hydrogen-bond acceptors (Lipinski definition) is 7. The molecule has 0 unspecified atom stereocenters. The van der Waals surface area contributed by atoms with E-state index in [0.29, 0.717) is 29.0 Å². The van der Waals surface area contributed by atoms with E-state index in [2.05, 4.69) is 26.9 Å². The molecule has 1 amide bonds. The maximum Gasteiger partial charge on any atom is 0.267 e. The number of fused-ring (bicyclic) bond motifs is 2. The van der Waals surface area contributed by atoms with Gasteiger partial charge in [0.1, 0.15) is 29.0 Å². The Morgan fingerprint density at radius 1 is 1.05 bits per heavy atom. The average molecular weight is 532 g/mol. The van der Waals surface area contributed by atoms with Crippen LogP contribution in [0, 0.1) is 11.8 Å². The van der Waals surface area contributed by atoms with Gasteiger partial charge in [-0.05, 0) is 30.0 Å². The molecule has 6 aromatic rings. The Labute approximate surface area is 228 Å². The minimum Gasteiger partial charge on any atom is -0.383 e. The van der Waals surface area contributed by atoms with Gasteiger partial charge in [-0.15, -0.1) is 0 Å². The van der Waals surface area contributed by atoms with E-state index in [-0.39, 0.29) is 16.9 Å². The second-order valence-corrected chi connectivity index (χ2v) is 8.74. The minimum absolute atomic E-state index is 0.0980. The number of pyridine rings is 1. The van der Waals surface area contributed by atoms with Gasteiger partial charge in [0, 0.05) is 25.6 Å². The number of primary amides is 1. The first kappa shape index (κ1) is 25.9. The number of nitrogens with two attached hydrogens (primary N) is 2. The molecule has 6 rings (SSSR count). The van der Waals surface area contributed by atoms with E-state index in [4.69, 9.17) is 16.5 Å². The summed E-state index contributed by atoms with van der Waals surface area (Å²) in [4.78, 5) is 36.8. The van der Waals surface area contributed by atoms with Crippen molar-refractivity contribution in [1.82, 2.24) is 33.5 Å². The third-order valence-electron chi connectivity index (χ3n) is 6.08. The largest absolute Gasteiger partial charge is 0.383 e. The van der Waals surface area contributed by atoms with Crippen LogP contribution in [0.2, 0.25) is 0 Å². The molecule has 11 heteroatoms. The number of aryl methyl sites for hydroxylation is 2. The zero-order valence-electron chi connectivity index (χ0n) is 21.8. The molecule has 40 heavy (non-hydrogen) atoms. The van der Waals surface area contributed by atoms with Crippen LogP contribution in [-0.4, -0.2) is 39.4 Å². The van der Waals surface area contributed by atoms with E-state index < -0.39 is 5.91 Å². The van der Waals surface area contributed by atoms with Gasteiger partial charge in [-0.25, -0.2) is 15.0 Å². The molecule has 0 saturated heterocycles. The van der Waals surface area contributed by atoms with Gasteiger partial charge in [0.2, 0.25) is 0 Å². The summed E-state index contributed by atoms with van der Waals surface area (Å²) in [5.74, 6) is 5.64. The lowest BCUT2D eigenvalue weighted by atomic mass is 10.0. The van der Waals surface area contributed by atoms with Crippen molar-refractivity contribution in [3.8, 4) is 23.0 Å². The van der Waals surface area contributed by atoms with Gasteiger partial charge in [-0.2, -0.15) is 5.10 Å². The number of benzene rings is 1. The Kier molecular flexibility index (Phi) is 7.07. The lowest BCUT2D eigenvalue weighted by Gasteiger charge is -2.11. The van der Waals surface area contributed by atoms with E-state index in [1.807, 2.05) is 68.7 Å². The first-order valence-corrected chi connectivity index (χ1v) is 12.3. The highest BCUT2D eigenvalue weighted by molar-refractivity contribution is 6.02. The number of anilines is 1. The first-order valence-electron chi connectivity index (χ1n) is 12.3. The Bertz CT molecular complexity index is 1980. The third-order valence-corrected chi connectivity index (χ3v) is 6.08. The van der Waals surface area contributed by atoms with Gasteiger partial charge in [-0.1, -0.05) is 49.2 Å². The van der Waals surface area contributed by atoms with Crippen molar-refractivity contribution < 1.29 is 4.79 Å². The number of rotatable bonds is 3. The van der Waals surface area contributed by atoms with Gasteiger partial charge in [0.15, 0.2) is 5.65 Å². The number of carbonyl (C=O) groups is 1. The molecule has 5 aromatic heterocycles. The molecule has 198 valence electrons. The Morgan fingerprint density at radius 3 is 2.55 bits per heavy atom. The molecule has 0 radical (unpaired) electrons. The fraction of sp³-hybridized carbons (Fsp3) is 0.103. The number of carbonyl (C=O) groups excluding carboxylic acids is 1. The number of aromatic nitrogens is 7. The summed E-state index contributed by atoms with van der Waals surface area (Å²) >= 11 is 0. The lowest BCUT2D eigenvalue weighted by molar-refractivity contribution is 0.100. The van der Waals surface area contributed by atoms with Crippen LogP contribution in [0.4, 0.5) is 5.82 Å². The van der Waals surface area contributed by atoms with Crippen LogP contribution in [0.15, 0.2) is 84.4 Å². The van der Waals surface area contributed by atoms with Gasteiger partial charge >= 0.3 is 0 Å². The maximum absolute atomic E-state index is 13.4. The molecule has 1 aromatic carbocycles. The Balaban J connectivity index is 0.000000207. The predicted octanol–water partition coefficient (Wildman–Crippen LogP) is 2.47. The maximum atomic E-state index is 13.4. The minimum atomic E-state index is -0.623. The quantitative estimate of drug-likeness (QED) is 0.333. The van der Waals surface area contributed by atoms with Gasteiger partial charge in [0.05, 0.1) is 23.0 Å². The van der Waals surface area contributed by atoms with Crippen LogP contribution < -0.4 is 17.0 Å². The van der Waals surface area contributed by atoms with Crippen LogP contribution in [-0.2, 0) is 13.5 Å². The van der Waals surface area contributed by atoms with Crippen LogP contribution >= 0.6 is 0 Å². The standard InChI is InChI=1S/C22H18N4O.C7H7N5O/c1-3-19-21(17-8-5-4-6-9-17)22(27)26-18(10-7-11-20(26)24-19)13-12-16-14-23-25(2)15-16;8-5-4(6(9)13)7-10-1-2-12(7)3-11-5/h4-11,14-15H,3H2,1-2H3;1-3H,8H2,(H2,9,13). The van der Waals surface area contributed by atoms with E-state index in [9.17, 15) is 9.59 Å². The second-order valence-electron chi connectivity index (χ2n) is 8.74. The zero-order valence-corrected chi connectivity index (χ0v) is 21.8. The van der Waals surface area contributed by atoms with Crippen molar-refractivity contribution in [2.75, 3.05) is 5.73 Å². The van der Waals surface area contributed by atoms with Gasteiger partial charge in [0.25, 0.3) is 11.5 Å². The smallest absolute Gasteiger partial charge is 0.267 e. The van der Waals surface area contributed by atoms with Crippen LogP contribution in [0.3, 0.4) is 0 Å². The molecule has 0 aliphatic carbocycles. The number of hydrogen-bond donors (Lipinski definition) is 2. The summed E-state index contributed by atoms with van der Waals surface area (Å²) in [6, 6.07) is 15.2. The van der Waals surface area contributed by atoms with Crippen molar-refractivity contribution in [1.29, 1.82) is 0 Å². The van der Waals surface area contributed by atoms with Crippen LogP contribution in [0.1, 0.15) is 34.2 Å². The SMILES string of the molecule is CCc1nc2cccc(C#Cc3cnn(C)c3)n2c(=O)c1-c1ccccc1.NC(=O)c1c(N)ncn2ccnc12. The Hall–Kier alpha value is -5.76. The molecule has 0 saturated carbocycles. The lowest BCUT2D eigenvalue weighted by Crippen LogP contribution is -2.21. The zero-order chi connectivity index (χ0) is 28.2. The van der Waals surface area contributed by atoms with Crippen LogP contribution in [0.5, 0.6) is 0 Å². The molecule has 0 fully saturated rings. The molecule has 0 aliphatic rings. The van der Waals surface area contributed by atoms with Crippen molar-refractivity contribution in [2.24, 2.45) is 12.8 Å². The first-order chi connectivity index (χ1) is 19.4. The summed E-state index contributed by atoms with van der Waals surface area (Å²) in [6.45, 7) is 2.01. The van der Waals surface area contributed by atoms with Gasteiger partial charge in [-0.3, -0.25) is 23.1 Å². The highest BCUT2D eigenvalue weighted by Crippen LogP contribution is 2.20. The highest BCUT2D eigenvalue weighted by Gasteiger charge is 2.15. The van der Waals surface area contributed by atoms with E-state index in [1.165, 1.54) is 6.33 Å². The Morgan fingerprint density at radius 2 is 1.85 bits per heavy atom. The molecule has 5 heterocycles. The summed E-state index contributed by atoms with van der Waals surface area (Å²) < 4.78 is 4.86. The van der Waals surface area contributed by atoms with Crippen molar-refractivity contribution in [2.45, 2.75) is 13.3 Å². The van der Waals surface area contributed by atoms with Crippen molar-refractivity contribution in [3.05, 3.63) is 113 Å². The number of imidazole rings is 1. The molecule has 0 bridgehead atoms. The molecular formula is C29H25N9O2. The van der Waals surface area contributed by atoms with E-state index in [0.717, 1.165) is 16.8 Å². The molecule has 0 spiro atoms. The molecule has 0 aliphatic heterocycles. The summed E-state index contributed by atoms with van der Waals surface area (Å²) in [7, 11) is 1.84. The van der Waals surface area contributed by atoms with Crippen molar-refractivity contribution in [3.63, 3.8) is 0 Å². The molecule has 0 atom stereocenters. The fourth-order valence-electron chi connectivity index (χ4n) is 4.24. The summed E-state index contributed by atoms with van der Waals surface area (Å²) in [5, 5.41) is 4.12. The summed E-state index contributed by atoms with van der Waals surface area (Å²) in [5.41, 5.74) is 15.4. The normalized spacial score (nSPS) is 10.6. The van der Waals surface area contributed by atoms with E-state index >= 15 is 0 Å². The molecule has 4 N–H and O–H groups in total. The van der Waals surface area contributed by atoms with Gasteiger partial charge < -0.3 is 11.5 Å². The number of nitrogen functional groups attached to an aromatic ring is 1. The third kappa shape index (κ3) is 5.01. The fourth-order valence-corrected chi connectivity index (χ4v) is 4.24. The topological polar surface area (TPSA) is 151 Å². The van der Waals surface area contributed by atoms with Crippen LogP contribution in [0.25, 0.3) is 22.4 Å². The molecular weight excluding hydrogens is 506 g/mol. The summed E-state index contributed by atoms with van der Waals surface area (Å²) in [6.07, 6.45) is 8.90. The predicted molar refractivity (Wildman–Crippen MR) is 151 cm³/mol.